The fourth-order valence-electron chi connectivity index (χ4n) is 2.04. The molecule has 1 rings (SSSR count). The first-order valence-electron chi connectivity index (χ1n) is 7.82. The van der Waals surface area contributed by atoms with Gasteiger partial charge in [-0.05, 0) is 38.5 Å². The molecule has 140 valence electrons. The molecular formula is C17H25NO6S. The van der Waals surface area contributed by atoms with Gasteiger partial charge in [-0.3, -0.25) is 4.79 Å². The Labute approximate surface area is 148 Å². The molecule has 0 radical (unpaired) electrons. The van der Waals surface area contributed by atoms with Crippen LogP contribution in [0, 0.1) is 0 Å². The molecule has 0 aliphatic rings. The zero-order valence-corrected chi connectivity index (χ0v) is 15.7. The number of ether oxygens (including phenoxy) is 1. The number of amides is 1. The van der Waals surface area contributed by atoms with Crippen molar-refractivity contribution in [3.05, 3.63) is 35.4 Å². The Morgan fingerprint density at radius 2 is 1.76 bits per heavy atom. The number of carboxylic acid groups (broad SMARTS) is 1. The molecule has 0 aliphatic heterocycles. The van der Waals surface area contributed by atoms with Crippen LogP contribution in [0.3, 0.4) is 0 Å². The predicted molar refractivity (Wildman–Crippen MR) is 94.2 cm³/mol. The van der Waals surface area contributed by atoms with Crippen molar-refractivity contribution in [1.29, 1.82) is 0 Å². The summed E-state index contributed by atoms with van der Waals surface area (Å²) in [6.07, 6.45) is 1.27. The van der Waals surface area contributed by atoms with E-state index in [1.807, 2.05) is 20.8 Å². The van der Waals surface area contributed by atoms with Crippen molar-refractivity contribution < 1.29 is 27.9 Å². The van der Waals surface area contributed by atoms with E-state index in [0.717, 1.165) is 6.26 Å². The average molecular weight is 371 g/mol. The van der Waals surface area contributed by atoms with Gasteiger partial charge in [-0.1, -0.05) is 12.1 Å². The number of hydrogen-bond donors (Lipinski definition) is 2. The van der Waals surface area contributed by atoms with Crippen LogP contribution in [0.1, 0.15) is 43.1 Å². The quantitative estimate of drug-likeness (QED) is 0.718. The minimum Gasteiger partial charge on any atom is -0.480 e. The molecule has 1 amide bonds. The van der Waals surface area contributed by atoms with Gasteiger partial charge in [0.25, 0.3) is 5.91 Å². The van der Waals surface area contributed by atoms with Crippen LogP contribution in [0.5, 0.6) is 0 Å². The fraction of sp³-hybridized carbons (Fsp3) is 0.529. The summed E-state index contributed by atoms with van der Waals surface area (Å²) in [6.45, 7) is 5.78. The minimum absolute atomic E-state index is 0.114. The van der Waals surface area contributed by atoms with Gasteiger partial charge in [-0.15, -0.1) is 0 Å². The molecule has 25 heavy (non-hydrogen) atoms. The Morgan fingerprint density at radius 1 is 1.20 bits per heavy atom. The van der Waals surface area contributed by atoms with Crippen LogP contribution in [0.2, 0.25) is 0 Å². The van der Waals surface area contributed by atoms with Gasteiger partial charge in [0.05, 0.1) is 11.4 Å². The van der Waals surface area contributed by atoms with E-state index >= 15 is 0 Å². The van der Waals surface area contributed by atoms with Gasteiger partial charge < -0.3 is 15.2 Å². The Hall–Kier alpha value is -1.93. The summed E-state index contributed by atoms with van der Waals surface area (Å²) in [4.78, 5) is 23.5. The lowest BCUT2D eigenvalue weighted by Crippen LogP contribution is -2.42. The Kier molecular flexibility index (Phi) is 7.13. The van der Waals surface area contributed by atoms with Gasteiger partial charge in [0.15, 0.2) is 9.84 Å². The van der Waals surface area contributed by atoms with E-state index in [1.54, 1.807) is 0 Å². The molecule has 1 aromatic rings. The molecule has 1 aromatic carbocycles. The molecular weight excluding hydrogens is 346 g/mol. The Morgan fingerprint density at radius 3 is 2.20 bits per heavy atom. The number of rotatable bonds is 8. The highest BCUT2D eigenvalue weighted by Crippen LogP contribution is 2.10. The second-order valence-corrected chi connectivity index (χ2v) is 9.02. The number of carbonyl (C=O) groups excluding carboxylic acids is 1. The number of sulfone groups is 1. The number of benzene rings is 1. The summed E-state index contributed by atoms with van der Waals surface area (Å²) >= 11 is 0. The lowest BCUT2D eigenvalue weighted by molar-refractivity contribution is -0.140. The van der Waals surface area contributed by atoms with E-state index in [0.29, 0.717) is 5.56 Å². The predicted octanol–water partition coefficient (Wildman–Crippen LogP) is 1.62. The fourth-order valence-corrected chi connectivity index (χ4v) is 2.83. The molecule has 1 unspecified atom stereocenters. The third-order valence-electron chi connectivity index (χ3n) is 3.19. The van der Waals surface area contributed by atoms with E-state index in [4.69, 9.17) is 4.74 Å². The molecule has 2 N–H and O–H groups in total. The standard InChI is InChI=1S/C17H25NO6S/c1-17(2,3)24-10-9-14(16(20)21)18-15(19)13-7-5-12(6-8-13)11-25(4,22)23/h5-8,14H,9-11H2,1-4H3,(H,18,19)(H,20,21). The molecule has 0 saturated heterocycles. The number of carboxylic acids is 1. The van der Waals surface area contributed by atoms with Crippen LogP contribution < -0.4 is 5.32 Å². The van der Waals surface area contributed by atoms with Crippen molar-refractivity contribution in [2.45, 2.75) is 44.6 Å². The summed E-state index contributed by atoms with van der Waals surface area (Å²) in [5, 5.41) is 11.7. The summed E-state index contributed by atoms with van der Waals surface area (Å²) in [6, 6.07) is 4.95. The normalized spacial score (nSPS) is 13.3. The van der Waals surface area contributed by atoms with Crippen molar-refractivity contribution in [3.8, 4) is 0 Å². The lowest BCUT2D eigenvalue weighted by Gasteiger charge is -2.21. The average Bonchev–Trinajstić information content (AvgIpc) is 2.43. The van der Waals surface area contributed by atoms with Crippen molar-refractivity contribution in [3.63, 3.8) is 0 Å². The highest BCUT2D eigenvalue weighted by atomic mass is 32.2. The summed E-state index contributed by atoms with van der Waals surface area (Å²) < 4.78 is 28.0. The van der Waals surface area contributed by atoms with E-state index in [2.05, 4.69) is 5.32 Å². The van der Waals surface area contributed by atoms with Gasteiger partial charge in [-0.25, -0.2) is 13.2 Å². The van der Waals surface area contributed by atoms with Crippen molar-refractivity contribution in [2.24, 2.45) is 0 Å². The highest BCUT2D eigenvalue weighted by molar-refractivity contribution is 7.89. The lowest BCUT2D eigenvalue weighted by atomic mass is 10.1. The van der Waals surface area contributed by atoms with Gasteiger partial charge in [0.1, 0.15) is 6.04 Å². The number of aliphatic carboxylic acids is 1. The van der Waals surface area contributed by atoms with Crippen molar-refractivity contribution in [2.75, 3.05) is 12.9 Å². The van der Waals surface area contributed by atoms with Crippen LogP contribution in [-0.2, 0) is 25.1 Å². The molecule has 0 saturated carbocycles. The van der Waals surface area contributed by atoms with Gasteiger partial charge in [-0.2, -0.15) is 0 Å². The molecule has 0 aliphatic carbocycles. The number of carbonyl (C=O) groups is 2. The van der Waals surface area contributed by atoms with E-state index in [-0.39, 0.29) is 29.9 Å². The third-order valence-corrected chi connectivity index (χ3v) is 4.05. The summed E-state index contributed by atoms with van der Waals surface area (Å²) in [5.41, 5.74) is 0.440. The minimum atomic E-state index is -3.16. The molecule has 0 aromatic heterocycles. The molecule has 8 heteroatoms. The smallest absolute Gasteiger partial charge is 0.326 e. The van der Waals surface area contributed by atoms with Crippen LogP contribution in [-0.4, -0.2) is 49.9 Å². The first kappa shape index (κ1) is 21.1. The summed E-state index contributed by atoms with van der Waals surface area (Å²) in [7, 11) is -3.16. The van der Waals surface area contributed by atoms with Gasteiger partial charge in [0, 0.05) is 24.8 Å². The SMILES string of the molecule is CC(C)(C)OCCC(NC(=O)c1ccc(CS(C)(=O)=O)cc1)C(=O)O. The van der Waals surface area contributed by atoms with Crippen LogP contribution in [0.25, 0.3) is 0 Å². The second-order valence-electron chi connectivity index (χ2n) is 6.88. The molecule has 1 atom stereocenters. The topological polar surface area (TPSA) is 110 Å². The maximum Gasteiger partial charge on any atom is 0.326 e. The van der Waals surface area contributed by atoms with Gasteiger partial charge >= 0.3 is 5.97 Å². The highest BCUT2D eigenvalue weighted by Gasteiger charge is 2.22. The first-order chi connectivity index (χ1) is 11.4. The first-order valence-corrected chi connectivity index (χ1v) is 9.88. The van der Waals surface area contributed by atoms with Crippen molar-refractivity contribution >= 4 is 21.7 Å². The van der Waals surface area contributed by atoms with Crippen LogP contribution >= 0.6 is 0 Å². The zero-order valence-electron chi connectivity index (χ0n) is 14.9. The maximum atomic E-state index is 12.2. The zero-order chi connectivity index (χ0) is 19.3. The molecule has 0 spiro atoms. The monoisotopic (exact) mass is 371 g/mol. The maximum absolute atomic E-state index is 12.2. The number of hydrogen-bond acceptors (Lipinski definition) is 5. The third kappa shape index (κ3) is 8.64. The molecule has 0 heterocycles. The van der Waals surface area contributed by atoms with Gasteiger partial charge in [0.2, 0.25) is 0 Å². The second kappa shape index (κ2) is 8.44. The Balaban J connectivity index is 2.69. The van der Waals surface area contributed by atoms with E-state index < -0.39 is 27.8 Å². The van der Waals surface area contributed by atoms with Crippen molar-refractivity contribution in [1.82, 2.24) is 5.32 Å². The van der Waals surface area contributed by atoms with E-state index in [1.165, 1.54) is 24.3 Å². The van der Waals surface area contributed by atoms with E-state index in [9.17, 15) is 23.1 Å². The largest absolute Gasteiger partial charge is 0.480 e. The number of nitrogens with one attached hydrogen (secondary N) is 1. The van der Waals surface area contributed by atoms with Crippen LogP contribution in [0.4, 0.5) is 0 Å². The van der Waals surface area contributed by atoms with Crippen LogP contribution in [0.15, 0.2) is 24.3 Å². The molecule has 0 bridgehead atoms. The molecule has 7 nitrogen and oxygen atoms in total. The Bertz CT molecular complexity index is 704. The molecule has 0 fully saturated rings. The summed E-state index contributed by atoms with van der Waals surface area (Å²) in [5.74, 6) is -1.79.